The summed E-state index contributed by atoms with van der Waals surface area (Å²) < 4.78 is 11.3. The van der Waals surface area contributed by atoms with Crippen LogP contribution in [0.25, 0.3) is 0 Å². The van der Waals surface area contributed by atoms with Gasteiger partial charge in [-0.25, -0.2) is 4.79 Å². The molecule has 8 heteroatoms. The van der Waals surface area contributed by atoms with Crippen LogP contribution in [0, 0.1) is 0 Å². The number of piperidine rings is 1. The van der Waals surface area contributed by atoms with Gasteiger partial charge in [-0.3, -0.25) is 9.69 Å². The molecular formula is C22H32ClN3O4. The lowest BCUT2D eigenvalue weighted by Gasteiger charge is -2.46. The number of nitrogens with two attached hydrogens (primary N) is 1. The molecular weight excluding hydrogens is 406 g/mol. The summed E-state index contributed by atoms with van der Waals surface area (Å²) in [6, 6.07) is 8.20. The van der Waals surface area contributed by atoms with Crippen LogP contribution in [0.3, 0.4) is 0 Å². The average molecular weight is 438 g/mol. The minimum atomic E-state index is -0.602. The van der Waals surface area contributed by atoms with Crippen molar-refractivity contribution in [3.63, 3.8) is 0 Å². The van der Waals surface area contributed by atoms with Gasteiger partial charge in [0.15, 0.2) is 0 Å². The van der Waals surface area contributed by atoms with Crippen molar-refractivity contribution >= 4 is 23.6 Å². The standard InChI is InChI=1S/C22H32ClN3O4/c1-22(2,3)30-21(28)25-10-8-17(9-11-25)26-13-19(20(24)27)29-14-18(26)12-15-4-6-16(23)7-5-15/h4-7,17-19H,8-14H2,1-3H3,(H2,24,27)/t18-,19-/m0/s1. The number of likely N-dealkylation sites (tertiary alicyclic amines) is 1. The van der Waals surface area contributed by atoms with E-state index in [0.29, 0.717) is 31.3 Å². The summed E-state index contributed by atoms with van der Waals surface area (Å²) in [6.07, 6.45) is 1.57. The quantitative estimate of drug-likeness (QED) is 0.782. The molecule has 2 heterocycles. The van der Waals surface area contributed by atoms with E-state index in [-0.39, 0.29) is 18.2 Å². The zero-order valence-corrected chi connectivity index (χ0v) is 18.7. The molecule has 0 saturated carbocycles. The Bertz CT molecular complexity index is 742. The predicted octanol–water partition coefficient (Wildman–Crippen LogP) is 2.84. The van der Waals surface area contributed by atoms with Crippen molar-refractivity contribution in [3.05, 3.63) is 34.9 Å². The van der Waals surface area contributed by atoms with Crippen LogP contribution < -0.4 is 5.73 Å². The van der Waals surface area contributed by atoms with Gasteiger partial charge >= 0.3 is 6.09 Å². The van der Waals surface area contributed by atoms with Crippen molar-refractivity contribution in [2.45, 2.75) is 63.8 Å². The summed E-state index contributed by atoms with van der Waals surface area (Å²) in [5.74, 6) is -0.434. The number of amides is 2. The Morgan fingerprint density at radius 1 is 1.20 bits per heavy atom. The number of carbonyl (C=O) groups is 2. The number of hydrogen-bond donors (Lipinski definition) is 1. The van der Waals surface area contributed by atoms with Gasteiger partial charge in [0.05, 0.1) is 6.61 Å². The number of benzene rings is 1. The van der Waals surface area contributed by atoms with E-state index in [4.69, 9.17) is 26.8 Å². The van der Waals surface area contributed by atoms with Crippen LogP contribution in [0.1, 0.15) is 39.2 Å². The Balaban J connectivity index is 1.65. The van der Waals surface area contributed by atoms with Crippen molar-refractivity contribution in [2.75, 3.05) is 26.2 Å². The molecule has 2 N–H and O–H groups in total. The molecule has 1 aromatic carbocycles. The Morgan fingerprint density at radius 3 is 2.40 bits per heavy atom. The SMILES string of the molecule is CC(C)(C)OC(=O)N1CCC(N2C[C@@H](C(N)=O)OC[C@@H]2Cc2ccc(Cl)cc2)CC1. The lowest BCUT2D eigenvalue weighted by molar-refractivity contribution is -0.142. The van der Waals surface area contributed by atoms with E-state index in [1.165, 1.54) is 5.56 Å². The monoisotopic (exact) mass is 437 g/mol. The molecule has 166 valence electrons. The van der Waals surface area contributed by atoms with Crippen LogP contribution in [-0.2, 0) is 20.7 Å². The zero-order chi connectivity index (χ0) is 21.9. The van der Waals surface area contributed by atoms with E-state index in [1.54, 1.807) is 4.90 Å². The third kappa shape index (κ3) is 6.09. The summed E-state index contributed by atoms with van der Waals surface area (Å²) in [6.45, 7) is 7.80. The van der Waals surface area contributed by atoms with Gasteiger partial charge in [-0.05, 0) is 57.7 Å². The molecule has 2 aliphatic heterocycles. The van der Waals surface area contributed by atoms with Crippen LogP contribution in [-0.4, -0.2) is 71.8 Å². The second-order valence-electron chi connectivity index (χ2n) is 9.10. The molecule has 2 amide bonds. The minimum absolute atomic E-state index is 0.139. The Kier molecular flexibility index (Phi) is 7.26. The van der Waals surface area contributed by atoms with Gasteiger partial charge in [0, 0.05) is 36.7 Å². The Hall–Kier alpha value is -1.83. The average Bonchev–Trinajstić information content (AvgIpc) is 2.68. The van der Waals surface area contributed by atoms with Crippen LogP contribution in [0.15, 0.2) is 24.3 Å². The van der Waals surface area contributed by atoms with Crippen LogP contribution in [0.5, 0.6) is 0 Å². The van der Waals surface area contributed by atoms with Crippen LogP contribution in [0.4, 0.5) is 4.79 Å². The van der Waals surface area contributed by atoms with E-state index in [9.17, 15) is 9.59 Å². The largest absolute Gasteiger partial charge is 0.444 e. The minimum Gasteiger partial charge on any atom is -0.444 e. The van der Waals surface area contributed by atoms with E-state index >= 15 is 0 Å². The number of rotatable bonds is 4. The first-order chi connectivity index (χ1) is 14.1. The highest BCUT2D eigenvalue weighted by atomic mass is 35.5. The van der Waals surface area contributed by atoms with Gasteiger partial charge in [-0.1, -0.05) is 23.7 Å². The van der Waals surface area contributed by atoms with Crippen molar-refractivity contribution in [2.24, 2.45) is 5.73 Å². The van der Waals surface area contributed by atoms with E-state index in [0.717, 1.165) is 19.3 Å². The molecule has 2 aliphatic rings. The van der Waals surface area contributed by atoms with Crippen molar-refractivity contribution in [1.82, 2.24) is 9.80 Å². The highest BCUT2D eigenvalue weighted by Gasteiger charge is 2.38. The van der Waals surface area contributed by atoms with Crippen LogP contribution >= 0.6 is 11.6 Å². The third-order valence-electron chi connectivity index (χ3n) is 5.62. The van der Waals surface area contributed by atoms with E-state index < -0.39 is 17.6 Å². The molecule has 1 aromatic rings. The van der Waals surface area contributed by atoms with E-state index in [2.05, 4.69) is 4.90 Å². The molecule has 30 heavy (non-hydrogen) atoms. The zero-order valence-electron chi connectivity index (χ0n) is 18.0. The lowest BCUT2D eigenvalue weighted by Crippen LogP contribution is -2.59. The summed E-state index contributed by atoms with van der Waals surface area (Å²) in [7, 11) is 0. The summed E-state index contributed by atoms with van der Waals surface area (Å²) in [4.78, 5) is 28.2. The second kappa shape index (κ2) is 9.54. The van der Waals surface area contributed by atoms with Gasteiger partial charge in [-0.15, -0.1) is 0 Å². The maximum atomic E-state index is 12.4. The molecule has 0 aliphatic carbocycles. The van der Waals surface area contributed by atoms with Gasteiger partial charge in [-0.2, -0.15) is 0 Å². The molecule has 0 spiro atoms. The first kappa shape index (κ1) is 22.8. The highest BCUT2D eigenvalue weighted by molar-refractivity contribution is 6.30. The first-order valence-electron chi connectivity index (χ1n) is 10.5. The van der Waals surface area contributed by atoms with E-state index in [1.807, 2.05) is 45.0 Å². The molecule has 7 nitrogen and oxygen atoms in total. The Labute approximate surface area is 183 Å². The number of nitrogens with zero attached hydrogens (tertiary/aromatic N) is 2. The Morgan fingerprint density at radius 2 is 1.83 bits per heavy atom. The fourth-order valence-corrected chi connectivity index (χ4v) is 4.24. The van der Waals surface area contributed by atoms with Crippen molar-refractivity contribution < 1.29 is 19.1 Å². The smallest absolute Gasteiger partial charge is 0.410 e. The summed E-state index contributed by atoms with van der Waals surface area (Å²) in [5, 5.41) is 0.707. The summed E-state index contributed by atoms with van der Waals surface area (Å²) in [5.41, 5.74) is 6.18. The number of primary amides is 1. The number of carbonyl (C=O) groups excluding carboxylic acids is 2. The molecule has 0 radical (unpaired) electrons. The van der Waals surface area contributed by atoms with Gasteiger partial charge in [0.2, 0.25) is 5.91 Å². The topological polar surface area (TPSA) is 85.1 Å². The fourth-order valence-electron chi connectivity index (χ4n) is 4.11. The molecule has 0 unspecified atom stereocenters. The van der Waals surface area contributed by atoms with Gasteiger partial charge in [0.25, 0.3) is 0 Å². The molecule has 2 atom stereocenters. The number of halogens is 1. The van der Waals surface area contributed by atoms with Crippen molar-refractivity contribution in [1.29, 1.82) is 0 Å². The van der Waals surface area contributed by atoms with Crippen molar-refractivity contribution in [3.8, 4) is 0 Å². The normalized spacial score (nSPS) is 23.9. The molecule has 0 aromatic heterocycles. The molecule has 2 saturated heterocycles. The van der Waals surface area contributed by atoms with Gasteiger partial charge in [0.1, 0.15) is 11.7 Å². The third-order valence-corrected chi connectivity index (χ3v) is 5.87. The molecule has 2 fully saturated rings. The molecule has 3 rings (SSSR count). The number of hydrogen-bond acceptors (Lipinski definition) is 5. The first-order valence-corrected chi connectivity index (χ1v) is 10.9. The van der Waals surface area contributed by atoms with Crippen LogP contribution in [0.2, 0.25) is 5.02 Å². The molecule has 0 bridgehead atoms. The van der Waals surface area contributed by atoms with Gasteiger partial charge < -0.3 is 20.1 Å². The summed E-state index contributed by atoms with van der Waals surface area (Å²) >= 11 is 6.01. The maximum absolute atomic E-state index is 12.4. The predicted molar refractivity (Wildman–Crippen MR) is 115 cm³/mol. The number of ether oxygens (including phenoxy) is 2. The highest BCUT2D eigenvalue weighted by Crippen LogP contribution is 2.26. The fraction of sp³-hybridized carbons (Fsp3) is 0.636. The lowest BCUT2D eigenvalue weighted by atomic mass is 9.96. The maximum Gasteiger partial charge on any atom is 0.410 e. The number of morpholine rings is 1. The second-order valence-corrected chi connectivity index (χ2v) is 9.54.